The zero-order chi connectivity index (χ0) is 21.3. The van der Waals surface area contributed by atoms with Crippen LogP contribution in [-0.4, -0.2) is 34.7 Å². The Kier molecular flexibility index (Phi) is 5.54. The fourth-order valence-corrected chi connectivity index (χ4v) is 4.04. The number of ether oxygens (including phenoxy) is 1. The summed E-state index contributed by atoms with van der Waals surface area (Å²) in [5, 5.41) is 8.63. The third-order valence-corrected chi connectivity index (χ3v) is 6.01. The first-order valence-electron chi connectivity index (χ1n) is 9.62. The monoisotopic (exact) mass is 426 g/mol. The molecule has 0 atom stereocenters. The van der Waals surface area contributed by atoms with Crippen LogP contribution < -0.4 is 10.1 Å². The van der Waals surface area contributed by atoms with Crippen LogP contribution in [0, 0.1) is 6.92 Å². The van der Waals surface area contributed by atoms with Gasteiger partial charge in [-0.15, -0.1) is 11.3 Å². The number of carbonyl (C=O) groups is 1. The summed E-state index contributed by atoms with van der Waals surface area (Å²) in [6, 6.07) is 7.35. The molecule has 30 heavy (non-hydrogen) atoms. The fourth-order valence-electron chi connectivity index (χ4n) is 3.05. The first-order valence-corrected chi connectivity index (χ1v) is 10.4. The summed E-state index contributed by atoms with van der Waals surface area (Å²) >= 11 is 1.56. The van der Waals surface area contributed by atoms with Crippen molar-refractivity contribution in [1.82, 2.24) is 20.4 Å². The van der Waals surface area contributed by atoms with Gasteiger partial charge in [-0.05, 0) is 19.1 Å². The molecule has 4 rings (SSSR count). The highest BCUT2D eigenvalue weighted by molar-refractivity contribution is 7.15. The van der Waals surface area contributed by atoms with Crippen molar-refractivity contribution < 1.29 is 18.5 Å². The van der Waals surface area contributed by atoms with E-state index < -0.39 is 0 Å². The molecular formula is C21H22N4O4S. The lowest BCUT2D eigenvalue weighted by molar-refractivity contribution is 0.0924. The molecule has 1 N–H and O–H groups in total. The predicted octanol–water partition coefficient (Wildman–Crippen LogP) is 4.35. The van der Waals surface area contributed by atoms with Gasteiger partial charge in [0.25, 0.3) is 11.8 Å². The Labute approximate surface area is 177 Å². The molecule has 0 saturated carbocycles. The number of furan rings is 1. The number of aromatic nitrogens is 3. The standard InChI is InChI=1S/C21H22N4O4S/c1-11(2)21-23-12(3)18(30-21)20-24-15(25-29-20)9-10-22-19(26)17-16(27-4)13-7-5-6-8-14(13)28-17/h5-8,11H,9-10H2,1-4H3,(H,22,26). The second-order valence-electron chi connectivity index (χ2n) is 7.10. The van der Waals surface area contributed by atoms with Gasteiger partial charge in [0, 0.05) is 18.9 Å². The number of amides is 1. The number of thiazole rings is 1. The number of hydrogen-bond donors (Lipinski definition) is 1. The first-order chi connectivity index (χ1) is 14.5. The molecule has 0 aliphatic carbocycles. The van der Waals surface area contributed by atoms with Crippen LogP contribution in [-0.2, 0) is 6.42 Å². The van der Waals surface area contributed by atoms with Crippen molar-refractivity contribution in [3.05, 3.63) is 46.6 Å². The van der Waals surface area contributed by atoms with Gasteiger partial charge in [0.15, 0.2) is 11.6 Å². The van der Waals surface area contributed by atoms with Crippen LogP contribution in [0.3, 0.4) is 0 Å². The molecule has 3 heterocycles. The lowest BCUT2D eigenvalue weighted by Crippen LogP contribution is -2.25. The van der Waals surface area contributed by atoms with E-state index in [0.717, 1.165) is 21.0 Å². The molecule has 0 aliphatic heterocycles. The van der Waals surface area contributed by atoms with Crippen molar-refractivity contribution in [1.29, 1.82) is 0 Å². The zero-order valence-corrected chi connectivity index (χ0v) is 18.0. The summed E-state index contributed by atoms with van der Waals surface area (Å²) in [5.74, 6) is 1.53. The number of carbonyl (C=O) groups excluding carboxylic acids is 1. The second-order valence-corrected chi connectivity index (χ2v) is 8.13. The predicted molar refractivity (Wildman–Crippen MR) is 113 cm³/mol. The zero-order valence-electron chi connectivity index (χ0n) is 17.2. The van der Waals surface area contributed by atoms with E-state index in [-0.39, 0.29) is 11.7 Å². The van der Waals surface area contributed by atoms with E-state index in [1.54, 1.807) is 17.4 Å². The molecule has 0 spiro atoms. The summed E-state index contributed by atoms with van der Waals surface area (Å²) in [5.41, 5.74) is 1.48. The molecular weight excluding hydrogens is 404 g/mol. The van der Waals surface area contributed by atoms with Crippen LogP contribution in [0.1, 0.15) is 46.8 Å². The smallest absolute Gasteiger partial charge is 0.290 e. The van der Waals surface area contributed by atoms with Crippen LogP contribution in [0.4, 0.5) is 0 Å². The molecule has 1 amide bonds. The number of rotatable bonds is 7. The van der Waals surface area contributed by atoms with Gasteiger partial charge in [-0.2, -0.15) is 4.98 Å². The largest absolute Gasteiger partial charge is 0.492 e. The maximum atomic E-state index is 12.6. The highest BCUT2D eigenvalue weighted by Gasteiger charge is 2.22. The molecule has 9 heteroatoms. The van der Waals surface area contributed by atoms with Crippen molar-refractivity contribution in [2.45, 2.75) is 33.1 Å². The summed E-state index contributed by atoms with van der Waals surface area (Å²) in [6.45, 7) is 6.46. The second kappa shape index (κ2) is 8.27. The van der Waals surface area contributed by atoms with Crippen molar-refractivity contribution in [3.8, 4) is 16.5 Å². The number of nitrogens with one attached hydrogen (secondary N) is 1. The number of methoxy groups -OCH3 is 1. The van der Waals surface area contributed by atoms with Crippen molar-refractivity contribution >= 4 is 28.2 Å². The lowest BCUT2D eigenvalue weighted by Gasteiger charge is -2.03. The van der Waals surface area contributed by atoms with Crippen LogP contribution in [0.5, 0.6) is 5.75 Å². The van der Waals surface area contributed by atoms with E-state index in [4.69, 9.17) is 13.7 Å². The molecule has 8 nitrogen and oxygen atoms in total. The van der Waals surface area contributed by atoms with Gasteiger partial charge in [0.2, 0.25) is 5.76 Å². The number of para-hydroxylation sites is 1. The first kappa shape index (κ1) is 20.1. The number of hydrogen-bond acceptors (Lipinski definition) is 8. The van der Waals surface area contributed by atoms with Crippen LogP contribution in [0.25, 0.3) is 21.7 Å². The molecule has 0 saturated heterocycles. The molecule has 0 unspecified atom stereocenters. The van der Waals surface area contributed by atoms with Gasteiger partial charge >= 0.3 is 0 Å². The minimum absolute atomic E-state index is 0.147. The molecule has 4 aromatic rings. The molecule has 0 bridgehead atoms. The number of benzene rings is 1. The third-order valence-electron chi connectivity index (χ3n) is 4.56. The minimum Gasteiger partial charge on any atom is -0.492 e. The number of aryl methyl sites for hydroxylation is 1. The fraction of sp³-hybridized carbons (Fsp3) is 0.333. The van der Waals surface area contributed by atoms with Crippen LogP contribution in [0.2, 0.25) is 0 Å². The number of nitrogens with zero attached hydrogens (tertiary/aromatic N) is 3. The van der Waals surface area contributed by atoms with Crippen LogP contribution >= 0.6 is 11.3 Å². The summed E-state index contributed by atoms with van der Waals surface area (Å²) in [7, 11) is 1.51. The third kappa shape index (κ3) is 3.80. The van der Waals surface area contributed by atoms with Gasteiger partial charge in [0.05, 0.1) is 23.2 Å². The highest BCUT2D eigenvalue weighted by Crippen LogP contribution is 2.33. The van der Waals surface area contributed by atoms with Crippen molar-refractivity contribution in [2.75, 3.05) is 13.7 Å². The lowest BCUT2D eigenvalue weighted by atomic mass is 10.2. The molecule has 0 radical (unpaired) electrons. The Morgan fingerprint density at radius 3 is 2.80 bits per heavy atom. The Bertz CT molecular complexity index is 1190. The van der Waals surface area contributed by atoms with E-state index in [1.807, 2.05) is 25.1 Å². The SMILES string of the molecule is COc1c(C(=O)NCCc2noc(-c3sc(C(C)C)nc3C)n2)oc2ccccc12. The highest BCUT2D eigenvalue weighted by atomic mass is 32.1. The van der Waals surface area contributed by atoms with E-state index in [1.165, 1.54) is 7.11 Å². The minimum atomic E-state index is -0.355. The average molecular weight is 426 g/mol. The molecule has 0 fully saturated rings. The molecule has 1 aromatic carbocycles. The molecule has 156 valence electrons. The summed E-state index contributed by atoms with van der Waals surface area (Å²) in [4.78, 5) is 22.5. The van der Waals surface area contributed by atoms with Gasteiger partial charge < -0.3 is 19.0 Å². The maximum absolute atomic E-state index is 12.6. The van der Waals surface area contributed by atoms with E-state index in [0.29, 0.717) is 41.9 Å². The Balaban J connectivity index is 1.41. The van der Waals surface area contributed by atoms with Gasteiger partial charge in [-0.1, -0.05) is 31.1 Å². The van der Waals surface area contributed by atoms with E-state index >= 15 is 0 Å². The van der Waals surface area contributed by atoms with Gasteiger partial charge in [0.1, 0.15) is 10.5 Å². The van der Waals surface area contributed by atoms with E-state index in [9.17, 15) is 4.79 Å². The molecule has 0 aliphatic rings. The van der Waals surface area contributed by atoms with Crippen LogP contribution in [0.15, 0.2) is 33.2 Å². The maximum Gasteiger partial charge on any atom is 0.290 e. The quantitative estimate of drug-likeness (QED) is 0.468. The Hall–Kier alpha value is -3.20. The Morgan fingerprint density at radius 1 is 1.27 bits per heavy atom. The summed E-state index contributed by atoms with van der Waals surface area (Å²) in [6.07, 6.45) is 0.423. The Morgan fingerprint density at radius 2 is 2.07 bits per heavy atom. The van der Waals surface area contributed by atoms with Gasteiger partial charge in [-0.25, -0.2) is 4.98 Å². The number of fused-ring (bicyclic) bond motifs is 1. The average Bonchev–Trinajstić information content (AvgIpc) is 3.43. The van der Waals surface area contributed by atoms with Gasteiger partial charge in [-0.3, -0.25) is 4.79 Å². The topological polar surface area (TPSA) is 103 Å². The van der Waals surface area contributed by atoms with E-state index in [2.05, 4.69) is 34.3 Å². The van der Waals surface area contributed by atoms with Crippen molar-refractivity contribution in [3.63, 3.8) is 0 Å². The normalized spacial score (nSPS) is 11.4. The summed E-state index contributed by atoms with van der Waals surface area (Å²) < 4.78 is 16.4. The van der Waals surface area contributed by atoms with Crippen molar-refractivity contribution in [2.24, 2.45) is 0 Å². The molecule has 3 aromatic heterocycles.